The number of benzene rings is 3. The van der Waals surface area contributed by atoms with Crippen molar-refractivity contribution in [2.75, 3.05) is 19.2 Å². The van der Waals surface area contributed by atoms with Crippen molar-refractivity contribution in [3.63, 3.8) is 0 Å². The topological polar surface area (TPSA) is 185 Å². The Labute approximate surface area is 339 Å². The number of nitro benzene ring substituents is 3. The minimum Gasteiger partial charge on any atom is -1.00 e. The van der Waals surface area contributed by atoms with Gasteiger partial charge in [0.05, 0.1) is 36.8 Å². The second-order valence-corrected chi connectivity index (χ2v) is 10.1. The van der Waals surface area contributed by atoms with Crippen LogP contribution in [0.4, 0.5) is 17.1 Å². The van der Waals surface area contributed by atoms with Crippen molar-refractivity contribution >= 4 is 104 Å². The molecule has 1 N–H and O–H groups in total. The van der Waals surface area contributed by atoms with Crippen LogP contribution in [-0.2, 0) is 9.47 Å². The molecule has 0 aromatic heterocycles. The number of rotatable bonds is 11. The molecular weight excluding hydrogens is 844 g/mol. The van der Waals surface area contributed by atoms with Gasteiger partial charge in [-0.15, -0.1) is 36.4 Å². The van der Waals surface area contributed by atoms with Gasteiger partial charge in [0.15, 0.2) is 6.29 Å². The number of halogens is 6. The second kappa shape index (κ2) is 31.1. The van der Waals surface area contributed by atoms with Crippen LogP contribution < -0.4 is 17.0 Å². The third-order valence-electron chi connectivity index (χ3n) is 5.11. The predicted octanol–water partition coefficient (Wildman–Crippen LogP) is 6.27. The van der Waals surface area contributed by atoms with Gasteiger partial charge < -0.3 is 38.1 Å². The van der Waals surface area contributed by atoms with E-state index in [9.17, 15) is 40.2 Å². The van der Waals surface area contributed by atoms with Gasteiger partial charge in [0, 0.05) is 40.4 Å². The van der Waals surface area contributed by atoms with Gasteiger partial charge in [-0.05, 0) is 36.4 Å². The Kier molecular flexibility index (Phi) is 33.6. The SMILES string of the molecule is C=CC(O)c1cc(Cl)ccc1[N+](=O)[O-].C=CC(OCOC)c1cc(Cl)ccc1[N+](=O)[O-].ClCCl.O=Cc1cc(Cl)ccc1[N+](=O)[O-].[Br-].[CH-]=C.[Mg+2]. The van der Waals surface area contributed by atoms with Gasteiger partial charge >= 0.3 is 23.1 Å². The number of nitrogens with zero attached hydrogens (tertiary/aromatic N) is 3. The van der Waals surface area contributed by atoms with E-state index in [2.05, 4.69) is 26.3 Å². The zero-order chi connectivity index (χ0) is 37.4. The monoisotopic (exact) mass is 869 g/mol. The zero-order valence-electron chi connectivity index (χ0n) is 26.1. The molecule has 50 heavy (non-hydrogen) atoms. The van der Waals surface area contributed by atoms with Crippen LogP contribution >= 0.6 is 58.0 Å². The Morgan fingerprint density at radius 2 is 1.18 bits per heavy atom. The minimum atomic E-state index is -1.07. The summed E-state index contributed by atoms with van der Waals surface area (Å²) in [7, 11) is 1.46. The fourth-order valence-electron chi connectivity index (χ4n) is 3.19. The molecule has 3 rings (SSSR count). The maximum absolute atomic E-state index is 10.9. The average molecular weight is 873 g/mol. The number of ether oxygens (including phenoxy) is 2. The standard InChI is InChI=1S/C11H12ClNO4.C9H8ClNO3.C7H4ClNO3.C2H3.CH2Cl2.BrH.Mg/c1-3-11(17-7-16-2)9-6-8(12)4-5-10(9)13(14)15;1-2-9(12)7-5-6(10)3-4-8(7)11(13)14;8-6-1-2-7(9(11)12)5(3-6)4-10;1-2;2-1-3;;/h3-6,11H,1,7H2,2H3;2-5,9,12H,1H2;1-4H;1H,2H2;1H2;1H;/q;;;-1;;;+2/p-1. The molecule has 0 saturated carbocycles. The first-order valence-corrected chi connectivity index (χ1v) is 14.8. The summed E-state index contributed by atoms with van der Waals surface area (Å²) in [5, 5.41) is 42.4. The van der Waals surface area contributed by atoms with E-state index in [1.165, 1.54) is 73.9 Å². The average Bonchev–Trinajstić information content (AvgIpc) is 3.06. The first-order valence-electron chi connectivity index (χ1n) is 12.6. The Hall–Kier alpha value is -2.67. The fraction of sp³-hybridized carbons (Fsp3) is 0.167. The van der Waals surface area contributed by atoms with E-state index in [4.69, 9.17) is 67.5 Å². The van der Waals surface area contributed by atoms with Crippen LogP contribution in [0.3, 0.4) is 0 Å². The maximum Gasteiger partial charge on any atom is 2.00 e. The first-order chi connectivity index (χ1) is 22.7. The molecule has 0 saturated heterocycles. The van der Waals surface area contributed by atoms with Crippen molar-refractivity contribution in [1.82, 2.24) is 0 Å². The molecule has 3 aromatic carbocycles. The number of aliphatic hydroxyl groups is 1. The molecule has 0 aliphatic carbocycles. The second-order valence-electron chi connectivity index (χ2n) is 8.01. The van der Waals surface area contributed by atoms with Crippen LogP contribution in [0.2, 0.25) is 15.1 Å². The largest absolute Gasteiger partial charge is 2.00 e. The number of hydrogen-bond acceptors (Lipinski definition) is 10. The van der Waals surface area contributed by atoms with Crippen molar-refractivity contribution in [2.24, 2.45) is 0 Å². The molecule has 0 bridgehead atoms. The summed E-state index contributed by atoms with van der Waals surface area (Å²) in [6.07, 6.45) is 1.36. The van der Waals surface area contributed by atoms with Crippen LogP contribution in [0.25, 0.3) is 0 Å². The van der Waals surface area contributed by atoms with E-state index in [-0.39, 0.29) is 80.4 Å². The molecule has 3 aromatic rings. The van der Waals surface area contributed by atoms with E-state index in [1.54, 1.807) is 0 Å². The number of methoxy groups -OCH3 is 1. The summed E-state index contributed by atoms with van der Waals surface area (Å²) in [5.74, 6) is 0. The van der Waals surface area contributed by atoms with Crippen molar-refractivity contribution in [3.8, 4) is 0 Å². The van der Waals surface area contributed by atoms with Gasteiger partial charge in [0.2, 0.25) is 0 Å². The first kappa shape index (κ1) is 54.1. The molecule has 0 aliphatic rings. The molecule has 0 radical (unpaired) electrons. The Morgan fingerprint density at radius 1 is 0.800 bits per heavy atom. The number of aliphatic hydroxyl groups excluding tert-OH is 1. The van der Waals surface area contributed by atoms with Gasteiger partial charge in [-0.2, -0.15) is 0 Å². The van der Waals surface area contributed by atoms with Gasteiger partial charge in [-0.1, -0.05) is 47.0 Å². The Bertz CT molecular complexity index is 1540. The van der Waals surface area contributed by atoms with E-state index in [0.717, 1.165) is 0 Å². The Morgan fingerprint density at radius 3 is 1.54 bits per heavy atom. The molecule has 0 spiro atoms. The van der Waals surface area contributed by atoms with Gasteiger partial charge in [0.25, 0.3) is 17.1 Å². The number of hydrogen-bond donors (Lipinski definition) is 1. The molecule has 0 aliphatic heterocycles. The van der Waals surface area contributed by atoms with Crippen LogP contribution in [0, 0.1) is 36.9 Å². The summed E-state index contributed by atoms with van der Waals surface area (Å²) in [6, 6.07) is 12.1. The van der Waals surface area contributed by atoms with Gasteiger partial charge in [0.1, 0.15) is 19.0 Å². The quantitative estimate of drug-likeness (QED) is 0.0337. The fourth-order valence-corrected chi connectivity index (χ4v) is 3.73. The van der Waals surface area contributed by atoms with Crippen LogP contribution in [0.15, 0.2) is 86.5 Å². The normalized spacial score (nSPS) is 10.2. The predicted molar refractivity (Wildman–Crippen MR) is 193 cm³/mol. The van der Waals surface area contributed by atoms with E-state index < -0.39 is 27.0 Å². The Balaban J connectivity index is -0.000000295. The van der Waals surface area contributed by atoms with E-state index in [0.29, 0.717) is 26.9 Å². The number of alkyl halides is 2. The number of carbonyl (C=O) groups excluding carboxylic acids is 1. The van der Waals surface area contributed by atoms with Crippen molar-refractivity contribution < 1.29 is 51.1 Å². The van der Waals surface area contributed by atoms with E-state index in [1.807, 2.05) is 0 Å². The van der Waals surface area contributed by atoms with Crippen LogP contribution in [0.1, 0.15) is 33.7 Å². The molecular formula is C30H29BrCl5MgN3O10. The molecule has 0 amide bonds. The van der Waals surface area contributed by atoms with Gasteiger partial charge in [-0.3, -0.25) is 41.7 Å². The van der Waals surface area contributed by atoms with Crippen molar-refractivity contribution in [3.05, 3.63) is 155 Å². The molecule has 13 nitrogen and oxygen atoms in total. The molecule has 2 unspecified atom stereocenters. The molecule has 0 fully saturated rings. The minimum absolute atomic E-state index is 0. The maximum atomic E-state index is 10.9. The van der Waals surface area contributed by atoms with Crippen molar-refractivity contribution in [2.45, 2.75) is 12.2 Å². The van der Waals surface area contributed by atoms with Crippen LogP contribution in [-0.4, -0.2) is 68.5 Å². The van der Waals surface area contributed by atoms with Crippen LogP contribution in [0.5, 0.6) is 0 Å². The van der Waals surface area contributed by atoms with Gasteiger partial charge in [-0.25, -0.2) is 0 Å². The number of carbonyl (C=O) groups is 1. The van der Waals surface area contributed by atoms with Crippen molar-refractivity contribution in [1.29, 1.82) is 0 Å². The summed E-state index contributed by atoms with van der Waals surface area (Å²) < 4.78 is 10.0. The summed E-state index contributed by atoms with van der Waals surface area (Å²) in [4.78, 5) is 40.4. The summed E-state index contributed by atoms with van der Waals surface area (Å²) in [6.45, 7) is 13.9. The summed E-state index contributed by atoms with van der Waals surface area (Å²) >= 11 is 26.5. The summed E-state index contributed by atoms with van der Waals surface area (Å²) in [5.41, 5.74) is 0.0474. The number of aldehydes is 1. The molecule has 2 atom stereocenters. The third kappa shape index (κ3) is 20.2. The molecule has 20 heteroatoms. The number of nitro groups is 3. The smallest absolute Gasteiger partial charge is 1.00 e. The third-order valence-corrected chi connectivity index (χ3v) is 5.82. The molecule has 268 valence electrons. The molecule has 0 heterocycles. The zero-order valence-corrected chi connectivity index (χ0v) is 32.9. The van der Waals surface area contributed by atoms with E-state index >= 15 is 0 Å².